The van der Waals surface area contributed by atoms with Crippen molar-refractivity contribution in [3.8, 4) is 0 Å². The lowest BCUT2D eigenvalue weighted by Crippen LogP contribution is -2.67. The summed E-state index contributed by atoms with van der Waals surface area (Å²) in [5.41, 5.74) is 23.3. The fraction of sp³-hybridized carbons (Fsp3) is 0.583. The highest BCUT2D eigenvalue weighted by molar-refractivity contribution is 6.18. The van der Waals surface area contributed by atoms with Crippen molar-refractivity contribution in [3.05, 3.63) is 0 Å². The molecular weight excluding hydrogens is 324 g/mol. The molecule has 12 heteroatoms. The highest BCUT2D eigenvalue weighted by Crippen LogP contribution is 2.21. The van der Waals surface area contributed by atoms with Crippen LogP contribution in [0.2, 0.25) is 0 Å². The highest BCUT2D eigenvalue weighted by Gasteiger charge is 2.56. The first-order valence-electron chi connectivity index (χ1n) is 6.83. The van der Waals surface area contributed by atoms with Gasteiger partial charge in [0, 0.05) is 6.54 Å². The number of carboxylic acids is 2. The lowest BCUT2D eigenvalue weighted by atomic mass is 9.76. The van der Waals surface area contributed by atoms with E-state index in [-0.39, 0.29) is 25.3 Å². The molecule has 3 atom stereocenters. The second-order valence-corrected chi connectivity index (χ2v) is 5.03. The molecule has 0 saturated heterocycles. The van der Waals surface area contributed by atoms with E-state index in [1.54, 1.807) is 0 Å². The first-order chi connectivity index (χ1) is 11.0. The maximum absolute atomic E-state index is 12.3. The van der Waals surface area contributed by atoms with Crippen LogP contribution in [0.25, 0.3) is 0 Å². The van der Waals surface area contributed by atoms with Gasteiger partial charge in [-0.25, -0.2) is 4.79 Å². The molecule has 0 aromatic carbocycles. The summed E-state index contributed by atoms with van der Waals surface area (Å²) < 4.78 is 0. The van der Waals surface area contributed by atoms with Crippen LogP contribution in [0.1, 0.15) is 12.8 Å². The van der Waals surface area contributed by atoms with Gasteiger partial charge in [-0.2, -0.15) is 0 Å². The Morgan fingerprint density at radius 3 is 2.04 bits per heavy atom. The Hall–Kier alpha value is -2.57. The molecule has 12 nitrogen and oxygen atoms in total. The lowest BCUT2D eigenvalue weighted by molar-refractivity contribution is -0.163. The number of ketones is 2. The Balaban J connectivity index is 5.39. The van der Waals surface area contributed by atoms with Gasteiger partial charge >= 0.3 is 11.9 Å². The average molecular weight is 346 g/mol. The molecule has 0 bridgehead atoms. The minimum atomic E-state index is -3.00. The van der Waals surface area contributed by atoms with Gasteiger partial charge in [-0.3, -0.25) is 19.4 Å². The monoisotopic (exact) mass is 346 g/mol. The summed E-state index contributed by atoms with van der Waals surface area (Å²) in [5, 5.41) is 18.4. The van der Waals surface area contributed by atoms with Gasteiger partial charge in [0.2, 0.25) is 0 Å². The van der Waals surface area contributed by atoms with Crippen molar-refractivity contribution in [3.63, 3.8) is 0 Å². The van der Waals surface area contributed by atoms with Crippen molar-refractivity contribution in [2.24, 2.45) is 39.6 Å². The van der Waals surface area contributed by atoms with E-state index in [0.29, 0.717) is 0 Å². The zero-order valence-corrected chi connectivity index (χ0v) is 12.8. The topological polar surface area (TPSA) is 251 Å². The Labute approximate surface area is 137 Å². The van der Waals surface area contributed by atoms with Gasteiger partial charge < -0.3 is 38.9 Å². The summed E-state index contributed by atoms with van der Waals surface area (Å²) in [7, 11) is 0. The molecule has 0 fully saturated rings. The molecule has 0 aliphatic heterocycles. The summed E-state index contributed by atoms with van der Waals surface area (Å²) in [5.74, 6) is -8.90. The fourth-order valence-electron chi connectivity index (χ4n) is 1.99. The summed E-state index contributed by atoms with van der Waals surface area (Å²) in [6, 6.07) is -1.37. The Kier molecular flexibility index (Phi) is 7.95. The summed E-state index contributed by atoms with van der Waals surface area (Å²) in [6.45, 7) is -0.713. The molecule has 0 rings (SSSR count). The SMILES string of the molecule is NCC(=O)C(N)(C(=O)O)C(C(=O)O)C(=O)C(N)CCCN=C(N)N. The average Bonchev–Trinajstić information content (AvgIpc) is 2.49. The molecule has 136 valence electrons. The fourth-order valence-corrected chi connectivity index (χ4v) is 1.99. The molecule has 0 aromatic heterocycles. The number of carboxylic acid groups (broad SMARTS) is 2. The van der Waals surface area contributed by atoms with Crippen LogP contribution < -0.4 is 28.7 Å². The molecule has 0 radical (unpaired) electrons. The predicted molar refractivity (Wildman–Crippen MR) is 82.6 cm³/mol. The largest absolute Gasteiger partial charge is 0.481 e. The number of carbonyl (C=O) groups is 4. The lowest BCUT2D eigenvalue weighted by Gasteiger charge is -2.29. The maximum atomic E-state index is 12.3. The smallest absolute Gasteiger partial charge is 0.332 e. The van der Waals surface area contributed by atoms with Crippen LogP contribution in [0.4, 0.5) is 0 Å². The maximum Gasteiger partial charge on any atom is 0.332 e. The van der Waals surface area contributed by atoms with E-state index < -0.39 is 47.5 Å². The molecule has 24 heavy (non-hydrogen) atoms. The van der Waals surface area contributed by atoms with Gasteiger partial charge in [0.25, 0.3) is 0 Å². The molecule has 12 N–H and O–H groups in total. The number of hydrogen-bond donors (Lipinski definition) is 7. The standard InChI is InChI=1S/C12H22N6O6/c13-4-6(19)12(17,10(23)24)7(9(21)22)8(20)5(14)2-1-3-18-11(15)16/h5,7H,1-4,13-14,17H2,(H,21,22)(H,23,24)(H4,15,16,18). The Bertz CT molecular complexity index is 546. The molecule has 0 spiro atoms. The van der Waals surface area contributed by atoms with Gasteiger partial charge in [0.1, 0.15) is 0 Å². The number of aliphatic carboxylic acids is 2. The second kappa shape index (κ2) is 8.90. The molecule has 0 aliphatic carbocycles. The zero-order valence-electron chi connectivity index (χ0n) is 12.8. The van der Waals surface area contributed by atoms with Crippen LogP contribution in [0, 0.1) is 5.92 Å². The van der Waals surface area contributed by atoms with Crippen LogP contribution in [-0.4, -0.2) is 64.3 Å². The van der Waals surface area contributed by atoms with Crippen LogP contribution >= 0.6 is 0 Å². The number of nitrogens with two attached hydrogens (primary N) is 5. The third kappa shape index (κ3) is 4.97. The molecular formula is C12H22N6O6. The van der Waals surface area contributed by atoms with Crippen LogP contribution in [-0.2, 0) is 19.2 Å². The number of Topliss-reactive ketones (excluding diaryl/α,β-unsaturated/α-hetero) is 2. The van der Waals surface area contributed by atoms with Gasteiger partial charge in [-0.05, 0) is 12.8 Å². The number of hydrogen-bond acceptors (Lipinski definition) is 8. The number of aliphatic imine (C=N–C) groups is 1. The Morgan fingerprint density at radius 1 is 1.12 bits per heavy atom. The minimum Gasteiger partial charge on any atom is -0.481 e. The van der Waals surface area contributed by atoms with Crippen molar-refractivity contribution >= 4 is 29.5 Å². The quantitative estimate of drug-likeness (QED) is 0.0819. The van der Waals surface area contributed by atoms with Gasteiger partial charge in [0.05, 0.1) is 12.6 Å². The Morgan fingerprint density at radius 2 is 1.67 bits per heavy atom. The van der Waals surface area contributed by atoms with Crippen molar-refractivity contribution in [1.82, 2.24) is 0 Å². The van der Waals surface area contributed by atoms with Crippen LogP contribution in [0.15, 0.2) is 4.99 Å². The van der Waals surface area contributed by atoms with E-state index in [1.165, 1.54) is 0 Å². The number of nitrogens with zero attached hydrogens (tertiary/aromatic N) is 1. The third-order valence-electron chi connectivity index (χ3n) is 3.32. The normalized spacial score (nSPS) is 15.6. The summed E-state index contributed by atoms with van der Waals surface area (Å²) in [4.78, 5) is 50.4. The number of carbonyl (C=O) groups excluding carboxylic acids is 2. The molecule has 0 heterocycles. The van der Waals surface area contributed by atoms with Gasteiger partial charge in [-0.1, -0.05) is 0 Å². The molecule has 0 aliphatic rings. The van der Waals surface area contributed by atoms with E-state index in [9.17, 15) is 24.3 Å². The van der Waals surface area contributed by atoms with E-state index in [0.717, 1.165) is 0 Å². The highest BCUT2D eigenvalue weighted by atomic mass is 16.4. The molecule has 3 unspecified atom stereocenters. The summed E-state index contributed by atoms with van der Waals surface area (Å²) >= 11 is 0. The van der Waals surface area contributed by atoms with E-state index >= 15 is 0 Å². The molecule has 0 aromatic rings. The first kappa shape index (κ1) is 21.4. The van der Waals surface area contributed by atoms with Crippen molar-refractivity contribution in [2.75, 3.05) is 13.1 Å². The second-order valence-electron chi connectivity index (χ2n) is 5.03. The van der Waals surface area contributed by atoms with Gasteiger partial charge in [-0.15, -0.1) is 0 Å². The number of rotatable bonds is 11. The summed E-state index contributed by atoms with van der Waals surface area (Å²) in [6.07, 6.45) is 0.193. The van der Waals surface area contributed by atoms with Crippen LogP contribution in [0.3, 0.4) is 0 Å². The molecule has 0 saturated carbocycles. The van der Waals surface area contributed by atoms with E-state index in [2.05, 4.69) is 4.99 Å². The predicted octanol–water partition coefficient (Wildman–Crippen LogP) is -4.05. The molecule has 0 amide bonds. The van der Waals surface area contributed by atoms with E-state index in [4.69, 9.17) is 33.8 Å². The zero-order chi connectivity index (χ0) is 19.1. The number of guanidine groups is 1. The van der Waals surface area contributed by atoms with Crippen LogP contribution in [0.5, 0.6) is 0 Å². The minimum absolute atomic E-state index is 0.0358. The van der Waals surface area contributed by atoms with Crippen molar-refractivity contribution in [1.29, 1.82) is 0 Å². The van der Waals surface area contributed by atoms with Crippen molar-refractivity contribution < 1.29 is 29.4 Å². The third-order valence-corrected chi connectivity index (χ3v) is 3.32. The van der Waals surface area contributed by atoms with Gasteiger partial charge in [0.15, 0.2) is 29.0 Å². The van der Waals surface area contributed by atoms with Crippen molar-refractivity contribution in [2.45, 2.75) is 24.4 Å². The first-order valence-corrected chi connectivity index (χ1v) is 6.83. The van der Waals surface area contributed by atoms with E-state index in [1.807, 2.05) is 0 Å².